The summed E-state index contributed by atoms with van der Waals surface area (Å²) in [7, 11) is 2.16. The zero-order valence-electron chi connectivity index (χ0n) is 13.6. The van der Waals surface area contributed by atoms with Gasteiger partial charge in [-0.05, 0) is 25.0 Å². The van der Waals surface area contributed by atoms with Gasteiger partial charge in [-0.15, -0.1) is 10.2 Å². The van der Waals surface area contributed by atoms with Gasteiger partial charge in [0, 0.05) is 38.2 Å². The highest BCUT2D eigenvalue weighted by molar-refractivity contribution is 5.42. The minimum atomic E-state index is 0.432. The first-order valence-electron chi connectivity index (χ1n) is 8.41. The summed E-state index contributed by atoms with van der Waals surface area (Å²) >= 11 is 0. The predicted octanol–water partition coefficient (Wildman–Crippen LogP) is 2.50. The molecule has 3 aromatic heterocycles. The lowest BCUT2D eigenvalue weighted by Crippen LogP contribution is -2.30. The quantitative estimate of drug-likeness (QED) is 0.734. The Bertz CT molecular complexity index is 860. The number of rotatable bonds is 4. The summed E-state index contributed by atoms with van der Waals surface area (Å²) < 4.78 is 13.3. The first kappa shape index (κ1) is 14.0. The fourth-order valence-corrected chi connectivity index (χ4v) is 3.45. The van der Waals surface area contributed by atoms with Crippen LogP contribution in [0.2, 0.25) is 0 Å². The molecule has 1 aliphatic heterocycles. The van der Waals surface area contributed by atoms with Gasteiger partial charge < -0.3 is 13.4 Å². The molecule has 4 heterocycles. The average molecular weight is 325 g/mol. The van der Waals surface area contributed by atoms with Gasteiger partial charge in [0.25, 0.3) is 5.89 Å². The number of hydrogen-bond acceptors (Lipinski definition) is 6. The molecule has 2 aliphatic rings. The Labute approximate surface area is 139 Å². The van der Waals surface area contributed by atoms with E-state index in [4.69, 9.17) is 13.8 Å². The van der Waals surface area contributed by atoms with E-state index in [0.717, 1.165) is 19.5 Å². The van der Waals surface area contributed by atoms with Crippen molar-refractivity contribution in [2.75, 3.05) is 6.54 Å². The Kier molecular flexibility index (Phi) is 3.09. The van der Waals surface area contributed by atoms with E-state index in [1.807, 2.05) is 12.1 Å². The van der Waals surface area contributed by atoms with Crippen molar-refractivity contribution in [1.82, 2.24) is 24.6 Å². The number of furan rings is 1. The molecule has 0 atom stereocenters. The maximum absolute atomic E-state index is 5.71. The standard InChI is InChI=1S/C17H19N5O2/c1-21-13-6-7-22(9-12(13)18-16(21)11-4-5-11)10-15-19-20-17(24-15)14-3-2-8-23-14/h2-3,8,11H,4-7,9-10H2,1H3. The minimum absolute atomic E-state index is 0.432. The largest absolute Gasteiger partial charge is 0.459 e. The highest BCUT2D eigenvalue weighted by Crippen LogP contribution is 2.40. The summed E-state index contributed by atoms with van der Waals surface area (Å²) in [5.41, 5.74) is 2.59. The van der Waals surface area contributed by atoms with Crippen molar-refractivity contribution in [2.24, 2.45) is 7.05 Å². The lowest BCUT2D eigenvalue weighted by atomic mass is 10.1. The van der Waals surface area contributed by atoms with E-state index >= 15 is 0 Å². The number of fused-ring (bicyclic) bond motifs is 1. The Balaban J connectivity index is 1.32. The van der Waals surface area contributed by atoms with Gasteiger partial charge in [0.05, 0.1) is 18.5 Å². The van der Waals surface area contributed by atoms with E-state index < -0.39 is 0 Å². The Morgan fingerprint density at radius 1 is 1.29 bits per heavy atom. The summed E-state index contributed by atoms with van der Waals surface area (Å²) in [5, 5.41) is 8.20. The Hall–Kier alpha value is -2.41. The molecule has 0 unspecified atom stereocenters. The van der Waals surface area contributed by atoms with Crippen molar-refractivity contribution in [2.45, 2.75) is 38.3 Å². The number of nitrogens with zero attached hydrogens (tertiary/aromatic N) is 5. The second kappa shape index (κ2) is 5.31. The van der Waals surface area contributed by atoms with Crippen LogP contribution in [0.3, 0.4) is 0 Å². The minimum Gasteiger partial charge on any atom is -0.459 e. The molecule has 0 N–H and O–H groups in total. The van der Waals surface area contributed by atoms with Crippen LogP contribution in [0.1, 0.15) is 41.9 Å². The maximum atomic E-state index is 5.71. The van der Waals surface area contributed by atoms with Crippen molar-refractivity contribution in [3.8, 4) is 11.7 Å². The van der Waals surface area contributed by atoms with Gasteiger partial charge in [-0.25, -0.2) is 4.98 Å². The molecule has 7 heteroatoms. The van der Waals surface area contributed by atoms with Gasteiger partial charge in [0.2, 0.25) is 5.89 Å². The van der Waals surface area contributed by atoms with Gasteiger partial charge >= 0.3 is 0 Å². The molecule has 5 rings (SSSR count). The molecule has 1 saturated carbocycles. The zero-order chi connectivity index (χ0) is 16.1. The van der Waals surface area contributed by atoms with Crippen LogP contribution in [0.4, 0.5) is 0 Å². The molecule has 0 radical (unpaired) electrons. The van der Waals surface area contributed by atoms with Crippen LogP contribution >= 0.6 is 0 Å². The molecule has 7 nitrogen and oxygen atoms in total. The van der Waals surface area contributed by atoms with Gasteiger partial charge in [-0.3, -0.25) is 4.90 Å². The second-order valence-electron chi connectivity index (χ2n) is 6.64. The summed E-state index contributed by atoms with van der Waals surface area (Å²) in [5.74, 6) is 3.60. The van der Waals surface area contributed by atoms with Gasteiger partial charge in [-0.2, -0.15) is 0 Å². The molecule has 0 saturated heterocycles. The van der Waals surface area contributed by atoms with Gasteiger partial charge in [-0.1, -0.05) is 0 Å². The van der Waals surface area contributed by atoms with Crippen LogP contribution in [0.5, 0.6) is 0 Å². The highest BCUT2D eigenvalue weighted by atomic mass is 16.4. The first-order chi connectivity index (χ1) is 11.8. The van der Waals surface area contributed by atoms with Crippen molar-refractivity contribution >= 4 is 0 Å². The van der Waals surface area contributed by atoms with E-state index in [1.54, 1.807) is 6.26 Å². The maximum Gasteiger partial charge on any atom is 0.283 e. The van der Waals surface area contributed by atoms with Crippen molar-refractivity contribution in [1.29, 1.82) is 0 Å². The van der Waals surface area contributed by atoms with Crippen LogP contribution in [0, 0.1) is 0 Å². The van der Waals surface area contributed by atoms with Crippen LogP contribution in [-0.4, -0.2) is 31.2 Å². The summed E-state index contributed by atoms with van der Waals surface area (Å²) in [6.45, 7) is 2.46. The van der Waals surface area contributed by atoms with Crippen molar-refractivity contribution in [3.05, 3.63) is 41.5 Å². The molecule has 24 heavy (non-hydrogen) atoms. The average Bonchev–Trinajstić information content (AvgIpc) is 3.00. The number of imidazole rings is 1. The molecule has 0 aromatic carbocycles. The summed E-state index contributed by atoms with van der Waals surface area (Å²) in [4.78, 5) is 7.20. The summed E-state index contributed by atoms with van der Waals surface area (Å²) in [6.07, 6.45) is 5.19. The Morgan fingerprint density at radius 3 is 3.00 bits per heavy atom. The van der Waals surface area contributed by atoms with E-state index in [2.05, 4.69) is 26.7 Å². The van der Waals surface area contributed by atoms with Crippen LogP contribution < -0.4 is 0 Å². The van der Waals surface area contributed by atoms with Crippen molar-refractivity contribution < 1.29 is 8.83 Å². The SMILES string of the molecule is Cn1c(C2CC2)nc2c1CCN(Cc1nnc(-c3ccco3)o1)C2. The molecule has 1 fully saturated rings. The first-order valence-corrected chi connectivity index (χ1v) is 8.41. The number of aromatic nitrogens is 4. The molecular weight excluding hydrogens is 306 g/mol. The van der Waals surface area contributed by atoms with Gasteiger partial charge in [0.1, 0.15) is 5.82 Å². The van der Waals surface area contributed by atoms with Crippen LogP contribution in [-0.2, 0) is 26.6 Å². The topological polar surface area (TPSA) is 73.1 Å². The van der Waals surface area contributed by atoms with E-state index in [1.165, 1.54) is 30.1 Å². The normalized spacial score (nSPS) is 18.0. The molecular formula is C17H19N5O2. The fraction of sp³-hybridized carbons (Fsp3) is 0.471. The molecule has 0 spiro atoms. The molecule has 1 aliphatic carbocycles. The lowest BCUT2D eigenvalue weighted by Gasteiger charge is -2.25. The third-order valence-corrected chi connectivity index (χ3v) is 4.87. The zero-order valence-corrected chi connectivity index (χ0v) is 13.6. The van der Waals surface area contributed by atoms with Crippen LogP contribution in [0.25, 0.3) is 11.7 Å². The van der Waals surface area contributed by atoms with E-state index in [9.17, 15) is 0 Å². The third kappa shape index (κ3) is 2.36. The third-order valence-electron chi connectivity index (χ3n) is 4.87. The molecule has 124 valence electrons. The van der Waals surface area contributed by atoms with Crippen LogP contribution in [0.15, 0.2) is 27.2 Å². The van der Waals surface area contributed by atoms with Crippen molar-refractivity contribution in [3.63, 3.8) is 0 Å². The molecule has 0 bridgehead atoms. The molecule has 0 amide bonds. The monoisotopic (exact) mass is 325 g/mol. The van der Waals surface area contributed by atoms with E-state index in [0.29, 0.717) is 30.0 Å². The fourth-order valence-electron chi connectivity index (χ4n) is 3.45. The summed E-state index contributed by atoms with van der Waals surface area (Å²) in [6, 6.07) is 3.63. The Morgan fingerprint density at radius 2 is 2.21 bits per heavy atom. The predicted molar refractivity (Wildman–Crippen MR) is 85.0 cm³/mol. The smallest absolute Gasteiger partial charge is 0.283 e. The lowest BCUT2D eigenvalue weighted by molar-refractivity contribution is 0.217. The van der Waals surface area contributed by atoms with Gasteiger partial charge in [0.15, 0.2) is 5.76 Å². The second-order valence-corrected chi connectivity index (χ2v) is 6.64. The number of hydrogen-bond donors (Lipinski definition) is 0. The highest BCUT2D eigenvalue weighted by Gasteiger charge is 2.32. The van der Waals surface area contributed by atoms with E-state index in [-0.39, 0.29) is 0 Å². The molecule has 3 aromatic rings.